The zero-order valence-electron chi connectivity index (χ0n) is 9.49. The number of hydrogen-bond donors (Lipinski definition) is 2. The molecular weight excluding hydrogens is 228 g/mol. The summed E-state index contributed by atoms with van der Waals surface area (Å²) >= 11 is 0. The molecule has 94 valence electrons. The Morgan fingerprint density at radius 1 is 1.53 bits per heavy atom. The topological polar surface area (TPSA) is 41.5 Å². The number of alkyl halides is 2. The molecule has 1 aliphatic rings. The van der Waals surface area contributed by atoms with E-state index < -0.39 is 18.6 Å². The third-order valence-electron chi connectivity index (χ3n) is 2.82. The van der Waals surface area contributed by atoms with E-state index >= 15 is 0 Å². The third-order valence-corrected chi connectivity index (χ3v) is 2.82. The van der Waals surface area contributed by atoms with Crippen LogP contribution in [0, 0.1) is 0 Å². The molecule has 2 rings (SSSR count). The van der Waals surface area contributed by atoms with E-state index in [0.717, 1.165) is 5.56 Å². The van der Waals surface area contributed by atoms with E-state index in [0.29, 0.717) is 18.0 Å². The fourth-order valence-corrected chi connectivity index (χ4v) is 2.00. The Kier molecular flexibility index (Phi) is 3.47. The summed E-state index contributed by atoms with van der Waals surface area (Å²) in [6.07, 6.45) is -3.43. The molecule has 0 radical (unpaired) electrons. The fraction of sp³-hybridized carbons (Fsp3) is 0.500. The van der Waals surface area contributed by atoms with Gasteiger partial charge in [0, 0.05) is 12.1 Å². The lowest BCUT2D eigenvalue weighted by molar-refractivity contribution is 0.0426. The highest BCUT2D eigenvalue weighted by molar-refractivity contribution is 5.57. The van der Waals surface area contributed by atoms with E-state index in [9.17, 15) is 13.9 Å². The molecule has 2 unspecified atom stereocenters. The van der Waals surface area contributed by atoms with Crippen molar-refractivity contribution in [2.45, 2.75) is 31.9 Å². The smallest absolute Gasteiger partial charge is 0.260 e. The molecule has 0 saturated heterocycles. The zero-order chi connectivity index (χ0) is 12.4. The van der Waals surface area contributed by atoms with E-state index in [1.807, 2.05) is 6.92 Å². The van der Waals surface area contributed by atoms with Gasteiger partial charge in [0.15, 0.2) is 0 Å². The van der Waals surface area contributed by atoms with Crippen molar-refractivity contribution in [3.63, 3.8) is 0 Å². The van der Waals surface area contributed by atoms with Gasteiger partial charge in [-0.15, -0.1) is 0 Å². The van der Waals surface area contributed by atoms with Crippen LogP contribution < -0.4 is 10.1 Å². The number of halogens is 2. The van der Waals surface area contributed by atoms with E-state index in [1.54, 1.807) is 18.2 Å². The first kappa shape index (κ1) is 12.1. The Balaban J connectivity index is 2.22. The lowest BCUT2D eigenvalue weighted by Crippen LogP contribution is -2.44. The van der Waals surface area contributed by atoms with Gasteiger partial charge in [-0.25, -0.2) is 8.78 Å². The van der Waals surface area contributed by atoms with Crippen LogP contribution >= 0.6 is 0 Å². The van der Waals surface area contributed by atoms with Crippen molar-refractivity contribution in [3.05, 3.63) is 23.8 Å². The van der Waals surface area contributed by atoms with Crippen molar-refractivity contribution in [1.29, 1.82) is 0 Å². The quantitative estimate of drug-likeness (QED) is 0.853. The van der Waals surface area contributed by atoms with Crippen LogP contribution in [0.15, 0.2) is 18.2 Å². The number of hydrogen-bond acceptors (Lipinski definition) is 3. The first-order chi connectivity index (χ1) is 8.11. The molecule has 3 nitrogen and oxygen atoms in total. The van der Waals surface area contributed by atoms with Gasteiger partial charge in [0.25, 0.3) is 6.43 Å². The fourth-order valence-electron chi connectivity index (χ4n) is 2.00. The molecule has 1 aromatic rings. The van der Waals surface area contributed by atoms with Crippen LogP contribution in [-0.2, 0) is 6.42 Å². The van der Waals surface area contributed by atoms with Crippen molar-refractivity contribution < 1.29 is 18.6 Å². The SMILES string of the molecule is CCOc1ccc2c(c1)CC(O)C(C(F)F)N2. The van der Waals surface area contributed by atoms with Gasteiger partial charge in [-0.1, -0.05) is 0 Å². The Bertz CT molecular complexity index is 398. The summed E-state index contributed by atoms with van der Waals surface area (Å²) in [5.74, 6) is 0.691. The van der Waals surface area contributed by atoms with Crippen molar-refractivity contribution in [1.82, 2.24) is 0 Å². The van der Waals surface area contributed by atoms with E-state index in [2.05, 4.69) is 5.32 Å². The van der Waals surface area contributed by atoms with E-state index in [-0.39, 0.29) is 6.42 Å². The maximum absolute atomic E-state index is 12.6. The monoisotopic (exact) mass is 243 g/mol. The number of rotatable bonds is 3. The largest absolute Gasteiger partial charge is 0.494 e. The lowest BCUT2D eigenvalue weighted by Gasteiger charge is -2.31. The highest BCUT2D eigenvalue weighted by Gasteiger charge is 2.33. The number of benzene rings is 1. The summed E-state index contributed by atoms with van der Waals surface area (Å²) in [5.41, 5.74) is 1.45. The molecular formula is C12H15F2NO2. The molecule has 1 aliphatic heterocycles. The van der Waals surface area contributed by atoms with Crippen LogP contribution in [0.1, 0.15) is 12.5 Å². The van der Waals surface area contributed by atoms with Crippen LogP contribution in [0.25, 0.3) is 0 Å². The summed E-state index contributed by atoms with van der Waals surface area (Å²) in [6.45, 7) is 2.42. The van der Waals surface area contributed by atoms with Crippen molar-refractivity contribution in [2.24, 2.45) is 0 Å². The minimum Gasteiger partial charge on any atom is -0.494 e. The van der Waals surface area contributed by atoms with Gasteiger partial charge in [0.05, 0.1) is 12.7 Å². The van der Waals surface area contributed by atoms with E-state index in [4.69, 9.17) is 4.74 Å². The Morgan fingerprint density at radius 2 is 2.29 bits per heavy atom. The maximum Gasteiger partial charge on any atom is 0.260 e. The molecule has 2 atom stereocenters. The van der Waals surface area contributed by atoms with Gasteiger partial charge in [-0.3, -0.25) is 0 Å². The van der Waals surface area contributed by atoms with Gasteiger partial charge < -0.3 is 15.2 Å². The van der Waals surface area contributed by atoms with Gasteiger partial charge in [0.2, 0.25) is 0 Å². The van der Waals surface area contributed by atoms with Gasteiger partial charge in [0.1, 0.15) is 11.8 Å². The van der Waals surface area contributed by atoms with Crippen molar-refractivity contribution in [2.75, 3.05) is 11.9 Å². The molecule has 0 aromatic heterocycles. The molecule has 2 N–H and O–H groups in total. The summed E-state index contributed by atoms with van der Waals surface area (Å²) in [7, 11) is 0. The van der Waals surface area contributed by atoms with Gasteiger partial charge in [-0.05, 0) is 30.7 Å². The van der Waals surface area contributed by atoms with Gasteiger partial charge >= 0.3 is 0 Å². The average Bonchev–Trinajstić information content (AvgIpc) is 2.28. The molecule has 17 heavy (non-hydrogen) atoms. The number of ether oxygens (including phenoxy) is 1. The molecule has 0 aliphatic carbocycles. The Hall–Kier alpha value is -1.36. The second kappa shape index (κ2) is 4.87. The van der Waals surface area contributed by atoms with Crippen LogP contribution in [0.5, 0.6) is 5.75 Å². The first-order valence-corrected chi connectivity index (χ1v) is 5.60. The number of fused-ring (bicyclic) bond motifs is 1. The predicted molar refractivity (Wildman–Crippen MR) is 60.7 cm³/mol. The van der Waals surface area contributed by atoms with Crippen molar-refractivity contribution in [3.8, 4) is 5.75 Å². The molecule has 0 spiro atoms. The molecule has 1 heterocycles. The van der Waals surface area contributed by atoms with Crippen molar-refractivity contribution >= 4 is 5.69 Å². The maximum atomic E-state index is 12.6. The highest BCUT2D eigenvalue weighted by atomic mass is 19.3. The second-order valence-electron chi connectivity index (χ2n) is 4.03. The normalized spacial score (nSPS) is 23.1. The molecule has 0 fully saturated rings. The van der Waals surface area contributed by atoms with Gasteiger partial charge in [-0.2, -0.15) is 0 Å². The number of anilines is 1. The number of aliphatic hydroxyl groups is 1. The second-order valence-corrected chi connectivity index (χ2v) is 4.03. The number of aliphatic hydroxyl groups excluding tert-OH is 1. The molecule has 0 amide bonds. The Morgan fingerprint density at radius 3 is 2.94 bits per heavy atom. The van der Waals surface area contributed by atoms with Crippen LogP contribution in [0.4, 0.5) is 14.5 Å². The zero-order valence-corrected chi connectivity index (χ0v) is 9.49. The molecule has 0 bridgehead atoms. The minimum atomic E-state index is -2.58. The predicted octanol–water partition coefficient (Wildman–Crippen LogP) is 2.05. The molecule has 0 saturated carbocycles. The summed E-state index contributed by atoms with van der Waals surface area (Å²) < 4.78 is 30.6. The minimum absolute atomic E-state index is 0.220. The number of nitrogens with one attached hydrogen (secondary N) is 1. The summed E-state index contributed by atoms with van der Waals surface area (Å²) in [5, 5.41) is 12.3. The highest BCUT2D eigenvalue weighted by Crippen LogP contribution is 2.30. The van der Waals surface area contributed by atoms with Crippen LogP contribution in [-0.4, -0.2) is 30.3 Å². The van der Waals surface area contributed by atoms with Crippen LogP contribution in [0.2, 0.25) is 0 Å². The van der Waals surface area contributed by atoms with E-state index in [1.165, 1.54) is 0 Å². The lowest BCUT2D eigenvalue weighted by atomic mass is 9.95. The third kappa shape index (κ3) is 2.49. The molecule has 5 heteroatoms. The van der Waals surface area contributed by atoms with Crippen LogP contribution in [0.3, 0.4) is 0 Å². The summed E-state index contributed by atoms with van der Waals surface area (Å²) in [6, 6.07) is 4.02. The summed E-state index contributed by atoms with van der Waals surface area (Å²) in [4.78, 5) is 0. The molecule has 1 aromatic carbocycles. The Labute approximate surface area is 98.4 Å². The average molecular weight is 243 g/mol. The standard InChI is InChI=1S/C12H15F2NO2/c1-2-17-8-3-4-9-7(5-8)6-10(16)11(15-9)12(13)14/h3-5,10-12,15-16H,2,6H2,1H3. The first-order valence-electron chi connectivity index (χ1n) is 5.60.